The van der Waals surface area contributed by atoms with Gasteiger partial charge in [0, 0.05) is 11.8 Å². The Morgan fingerprint density at radius 1 is 1.17 bits per heavy atom. The van der Waals surface area contributed by atoms with Crippen LogP contribution in [-0.2, 0) is 0 Å². The third kappa shape index (κ3) is 2.68. The van der Waals surface area contributed by atoms with Crippen LogP contribution >= 0.6 is 0 Å². The lowest BCUT2D eigenvalue weighted by Crippen LogP contribution is -2.21. The van der Waals surface area contributed by atoms with Crippen molar-refractivity contribution in [3.05, 3.63) is 42.0 Å². The van der Waals surface area contributed by atoms with Gasteiger partial charge in [-0.1, -0.05) is 24.3 Å². The molecule has 0 aliphatic heterocycles. The monoisotopic (exact) mass is 243 g/mol. The average molecular weight is 243 g/mol. The van der Waals surface area contributed by atoms with Gasteiger partial charge in [-0.3, -0.25) is 4.99 Å². The molecule has 0 bridgehead atoms. The highest BCUT2D eigenvalue weighted by molar-refractivity contribution is 5.93. The van der Waals surface area contributed by atoms with Gasteiger partial charge in [0.2, 0.25) is 0 Å². The van der Waals surface area contributed by atoms with Crippen LogP contribution in [0.2, 0.25) is 0 Å². The molecule has 3 heteroatoms. The van der Waals surface area contributed by atoms with E-state index in [-0.39, 0.29) is 12.4 Å². The second kappa shape index (κ2) is 4.78. The largest absolute Gasteiger partial charge is 0.507 e. The molecule has 0 saturated heterocycles. The van der Waals surface area contributed by atoms with Crippen LogP contribution in [-0.4, -0.2) is 28.6 Å². The van der Waals surface area contributed by atoms with Gasteiger partial charge in [0.25, 0.3) is 0 Å². The number of aromatic hydroxyl groups is 1. The van der Waals surface area contributed by atoms with Gasteiger partial charge in [-0.2, -0.15) is 0 Å². The van der Waals surface area contributed by atoms with Gasteiger partial charge in [-0.15, -0.1) is 0 Å². The van der Waals surface area contributed by atoms with E-state index >= 15 is 0 Å². The van der Waals surface area contributed by atoms with Crippen LogP contribution in [0.4, 0.5) is 0 Å². The summed E-state index contributed by atoms with van der Waals surface area (Å²) in [6.07, 6.45) is 1.61. The molecule has 0 saturated carbocycles. The third-order valence-corrected chi connectivity index (χ3v) is 2.84. The van der Waals surface area contributed by atoms with E-state index in [1.807, 2.05) is 44.2 Å². The number of phenolic OH excluding ortho intramolecular Hbond substituents is 1. The van der Waals surface area contributed by atoms with E-state index < -0.39 is 5.54 Å². The number of hydrogen-bond acceptors (Lipinski definition) is 3. The van der Waals surface area contributed by atoms with Crippen molar-refractivity contribution in [1.82, 2.24) is 0 Å². The second-order valence-electron chi connectivity index (χ2n) is 4.99. The summed E-state index contributed by atoms with van der Waals surface area (Å²) in [4.78, 5) is 4.28. The Morgan fingerprint density at radius 2 is 1.78 bits per heavy atom. The summed E-state index contributed by atoms with van der Waals surface area (Å²) in [6.45, 7) is 3.64. The summed E-state index contributed by atoms with van der Waals surface area (Å²) in [5.41, 5.74) is 0.133. The quantitative estimate of drug-likeness (QED) is 0.814. The van der Waals surface area contributed by atoms with Crippen LogP contribution in [0.15, 0.2) is 41.4 Å². The smallest absolute Gasteiger partial charge is 0.124 e. The molecule has 2 rings (SSSR count). The molecule has 0 aromatic heterocycles. The summed E-state index contributed by atoms with van der Waals surface area (Å²) in [5, 5.41) is 21.1. The van der Waals surface area contributed by atoms with E-state index in [2.05, 4.69) is 4.99 Å². The minimum absolute atomic E-state index is 0.0299. The Bertz CT molecular complexity index is 588. The Hall–Kier alpha value is -1.87. The summed E-state index contributed by atoms with van der Waals surface area (Å²) >= 11 is 0. The van der Waals surface area contributed by atoms with Crippen LogP contribution in [0.1, 0.15) is 19.4 Å². The Balaban J connectivity index is 2.42. The Kier molecular flexibility index (Phi) is 3.34. The summed E-state index contributed by atoms with van der Waals surface area (Å²) in [7, 11) is 0. The van der Waals surface area contributed by atoms with Crippen molar-refractivity contribution in [3.63, 3.8) is 0 Å². The van der Waals surface area contributed by atoms with Gasteiger partial charge < -0.3 is 10.2 Å². The number of rotatable bonds is 3. The highest BCUT2D eigenvalue weighted by atomic mass is 16.3. The molecule has 3 nitrogen and oxygen atoms in total. The van der Waals surface area contributed by atoms with E-state index in [9.17, 15) is 5.11 Å². The highest BCUT2D eigenvalue weighted by Gasteiger charge is 2.13. The third-order valence-electron chi connectivity index (χ3n) is 2.84. The molecular weight excluding hydrogens is 226 g/mol. The van der Waals surface area contributed by atoms with Crippen molar-refractivity contribution in [3.8, 4) is 5.75 Å². The normalized spacial score (nSPS) is 12.4. The molecule has 0 unspecified atom stereocenters. The molecule has 0 aliphatic rings. The average Bonchev–Trinajstić information content (AvgIpc) is 2.36. The van der Waals surface area contributed by atoms with Crippen LogP contribution in [0, 0.1) is 0 Å². The molecular formula is C15H17NO2. The minimum atomic E-state index is -0.530. The molecule has 0 atom stereocenters. The van der Waals surface area contributed by atoms with E-state index in [1.54, 1.807) is 12.3 Å². The maximum absolute atomic E-state index is 9.92. The predicted octanol–water partition coefficient (Wildman–Crippen LogP) is 2.74. The van der Waals surface area contributed by atoms with Gasteiger partial charge in [-0.25, -0.2) is 0 Å². The van der Waals surface area contributed by atoms with Gasteiger partial charge >= 0.3 is 0 Å². The lowest BCUT2D eigenvalue weighted by molar-refractivity contribution is 0.223. The number of nitrogens with zero attached hydrogens (tertiary/aromatic N) is 1. The Morgan fingerprint density at radius 3 is 2.39 bits per heavy atom. The van der Waals surface area contributed by atoms with Crippen LogP contribution in [0.5, 0.6) is 5.75 Å². The zero-order valence-electron chi connectivity index (χ0n) is 10.6. The lowest BCUT2D eigenvalue weighted by atomic mass is 10.1. The van der Waals surface area contributed by atoms with Crippen LogP contribution in [0.3, 0.4) is 0 Å². The first-order valence-corrected chi connectivity index (χ1v) is 5.90. The summed E-state index contributed by atoms with van der Waals surface area (Å²) < 4.78 is 0. The van der Waals surface area contributed by atoms with Gasteiger partial charge in [-0.05, 0) is 36.8 Å². The fraction of sp³-hybridized carbons (Fsp3) is 0.267. The maximum atomic E-state index is 9.92. The zero-order chi connectivity index (χ0) is 13.2. The molecule has 94 valence electrons. The van der Waals surface area contributed by atoms with Gasteiger partial charge in [0.05, 0.1) is 12.1 Å². The number of phenols is 1. The topological polar surface area (TPSA) is 52.8 Å². The SMILES string of the molecule is CC(C)(CO)N=Cc1cc2ccccc2cc1O. The number of hydrogen-bond donors (Lipinski definition) is 2. The fourth-order valence-corrected chi connectivity index (χ4v) is 1.63. The van der Waals surface area contributed by atoms with Crippen molar-refractivity contribution in [2.75, 3.05) is 6.61 Å². The molecule has 2 aromatic carbocycles. The number of aliphatic hydroxyl groups is 1. The molecule has 2 aromatic rings. The molecule has 0 aliphatic carbocycles. The summed E-state index contributed by atoms with van der Waals surface area (Å²) in [6, 6.07) is 11.4. The van der Waals surface area contributed by atoms with Crippen molar-refractivity contribution >= 4 is 17.0 Å². The maximum Gasteiger partial charge on any atom is 0.124 e. The van der Waals surface area contributed by atoms with Crippen molar-refractivity contribution in [2.45, 2.75) is 19.4 Å². The first-order valence-electron chi connectivity index (χ1n) is 5.90. The predicted molar refractivity (Wildman–Crippen MR) is 74.4 cm³/mol. The standard InChI is InChI=1S/C15H17NO2/c1-15(2,10-17)16-9-13-7-11-5-3-4-6-12(11)8-14(13)18/h3-9,17-18H,10H2,1-2H3. The van der Waals surface area contributed by atoms with Crippen molar-refractivity contribution < 1.29 is 10.2 Å². The number of aliphatic imine (C=N–C) groups is 1. The molecule has 0 fully saturated rings. The van der Waals surface area contributed by atoms with Crippen molar-refractivity contribution in [2.24, 2.45) is 4.99 Å². The van der Waals surface area contributed by atoms with E-state index in [4.69, 9.17) is 5.11 Å². The molecule has 18 heavy (non-hydrogen) atoms. The van der Waals surface area contributed by atoms with E-state index in [0.717, 1.165) is 10.8 Å². The zero-order valence-corrected chi connectivity index (χ0v) is 10.6. The second-order valence-corrected chi connectivity index (χ2v) is 4.99. The lowest BCUT2D eigenvalue weighted by Gasteiger charge is -2.15. The Labute approximate surface area is 106 Å². The van der Waals surface area contributed by atoms with E-state index in [1.165, 1.54) is 0 Å². The molecule has 0 amide bonds. The van der Waals surface area contributed by atoms with Crippen LogP contribution < -0.4 is 0 Å². The molecule has 0 heterocycles. The first-order chi connectivity index (χ1) is 8.52. The fourth-order valence-electron chi connectivity index (χ4n) is 1.63. The summed E-state index contributed by atoms with van der Waals surface area (Å²) in [5.74, 6) is 0.200. The first kappa shape index (κ1) is 12.6. The highest BCUT2D eigenvalue weighted by Crippen LogP contribution is 2.24. The van der Waals surface area contributed by atoms with Crippen molar-refractivity contribution in [1.29, 1.82) is 0 Å². The number of aliphatic hydroxyl groups excluding tert-OH is 1. The van der Waals surface area contributed by atoms with Gasteiger partial charge in [0.1, 0.15) is 5.75 Å². The number of fused-ring (bicyclic) bond motifs is 1. The molecule has 2 N–H and O–H groups in total. The molecule has 0 spiro atoms. The molecule has 0 radical (unpaired) electrons. The minimum Gasteiger partial charge on any atom is -0.507 e. The van der Waals surface area contributed by atoms with E-state index in [0.29, 0.717) is 5.56 Å². The van der Waals surface area contributed by atoms with Crippen LogP contribution in [0.25, 0.3) is 10.8 Å². The number of benzene rings is 2. The van der Waals surface area contributed by atoms with Gasteiger partial charge in [0.15, 0.2) is 0 Å².